The van der Waals surface area contributed by atoms with Gasteiger partial charge in [0.25, 0.3) is 5.69 Å². The number of nitrogens with zero attached hydrogens (tertiary/aromatic N) is 1. The van der Waals surface area contributed by atoms with Crippen LogP contribution in [0.3, 0.4) is 0 Å². The number of non-ortho nitro benzene ring substituents is 1. The van der Waals surface area contributed by atoms with Gasteiger partial charge in [0, 0.05) is 17.5 Å². The number of rotatable bonds is 4. The van der Waals surface area contributed by atoms with E-state index in [1.54, 1.807) is 12.1 Å². The zero-order valence-corrected chi connectivity index (χ0v) is 9.57. The van der Waals surface area contributed by atoms with Gasteiger partial charge < -0.3 is 0 Å². The van der Waals surface area contributed by atoms with Crippen LogP contribution in [-0.4, -0.2) is 10.3 Å². The molecule has 0 fully saturated rings. The summed E-state index contributed by atoms with van der Waals surface area (Å²) in [4.78, 5) is 10.0. The SMILES string of the molecule is CC(C)C(Cl)Cc1ccc([N+](=O)[O-])cc1. The van der Waals surface area contributed by atoms with Crippen LogP contribution in [0.4, 0.5) is 5.69 Å². The lowest BCUT2D eigenvalue weighted by Gasteiger charge is -2.12. The Hall–Kier alpha value is -1.09. The minimum atomic E-state index is -0.398. The standard InChI is InChI=1S/C11H14ClNO2/c1-8(2)11(12)7-9-3-5-10(6-4-9)13(14)15/h3-6,8,11H,7H2,1-2H3. The van der Waals surface area contributed by atoms with Gasteiger partial charge in [-0.1, -0.05) is 26.0 Å². The van der Waals surface area contributed by atoms with Gasteiger partial charge in [0.1, 0.15) is 0 Å². The summed E-state index contributed by atoms with van der Waals surface area (Å²) in [6.45, 7) is 4.12. The number of nitro benzene ring substituents is 1. The van der Waals surface area contributed by atoms with E-state index in [-0.39, 0.29) is 11.1 Å². The van der Waals surface area contributed by atoms with Gasteiger partial charge in [-0.05, 0) is 17.9 Å². The van der Waals surface area contributed by atoms with Crippen LogP contribution >= 0.6 is 11.6 Å². The highest BCUT2D eigenvalue weighted by molar-refractivity contribution is 6.20. The second-order valence-corrected chi connectivity index (χ2v) is 4.45. The predicted octanol–water partition coefficient (Wildman–Crippen LogP) is 3.40. The summed E-state index contributed by atoms with van der Waals surface area (Å²) in [5.41, 5.74) is 1.16. The van der Waals surface area contributed by atoms with Crippen molar-refractivity contribution in [1.29, 1.82) is 0 Å². The fourth-order valence-corrected chi connectivity index (χ4v) is 1.39. The summed E-state index contributed by atoms with van der Waals surface area (Å²) in [6.07, 6.45) is 0.747. The summed E-state index contributed by atoms with van der Waals surface area (Å²) < 4.78 is 0. The molecule has 0 aliphatic heterocycles. The summed E-state index contributed by atoms with van der Waals surface area (Å²) >= 11 is 6.12. The molecule has 0 aromatic heterocycles. The molecule has 0 bridgehead atoms. The van der Waals surface area contributed by atoms with Crippen molar-refractivity contribution in [1.82, 2.24) is 0 Å². The van der Waals surface area contributed by atoms with Gasteiger partial charge in [-0.3, -0.25) is 10.1 Å². The summed E-state index contributed by atoms with van der Waals surface area (Å²) in [6, 6.07) is 6.55. The van der Waals surface area contributed by atoms with E-state index in [1.165, 1.54) is 12.1 Å². The zero-order chi connectivity index (χ0) is 11.4. The van der Waals surface area contributed by atoms with Crippen molar-refractivity contribution in [3.8, 4) is 0 Å². The fraction of sp³-hybridized carbons (Fsp3) is 0.455. The quantitative estimate of drug-likeness (QED) is 0.450. The lowest BCUT2D eigenvalue weighted by molar-refractivity contribution is -0.384. The summed E-state index contributed by atoms with van der Waals surface area (Å²) in [5.74, 6) is 0.404. The third kappa shape index (κ3) is 3.51. The smallest absolute Gasteiger partial charge is 0.258 e. The molecule has 1 atom stereocenters. The van der Waals surface area contributed by atoms with E-state index in [1.807, 2.05) is 0 Å². The molecular weight excluding hydrogens is 214 g/mol. The molecule has 15 heavy (non-hydrogen) atoms. The van der Waals surface area contributed by atoms with Crippen LogP contribution in [0.1, 0.15) is 19.4 Å². The molecule has 1 aromatic carbocycles. The van der Waals surface area contributed by atoms with Crippen LogP contribution in [0.5, 0.6) is 0 Å². The van der Waals surface area contributed by atoms with Crippen molar-refractivity contribution in [2.24, 2.45) is 5.92 Å². The minimum Gasteiger partial charge on any atom is -0.258 e. The molecule has 0 amide bonds. The maximum Gasteiger partial charge on any atom is 0.269 e. The van der Waals surface area contributed by atoms with E-state index >= 15 is 0 Å². The second kappa shape index (κ2) is 5.12. The van der Waals surface area contributed by atoms with Gasteiger partial charge in [0.05, 0.1) is 4.92 Å². The monoisotopic (exact) mass is 227 g/mol. The van der Waals surface area contributed by atoms with Gasteiger partial charge in [-0.15, -0.1) is 11.6 Å². The molecule has 0 heterocycles. The van der Waals surface area contributed by atoms with Crippen LogP contribution in [0.25, 0.3) is 0 Å². The topological polar surface area (TPSA) is 43.1 Å². The normalized spacial score (nSPS) is 12.8. The van der Waals surface area contributed by atoms with E-state index in [4.69, 9.17) is 11.6 Å². The van der Waals surface area contributed by atoms with E-state index in [0.717, 1.165) is 12.0 Å². The average molecular weight is 228 g/mol. The number of hydrogen-bond donors (Lipinski definition) is 0. The van der Waals surface area contributed by atoms with Crippen LogP contribution < -0.4 is 0 Å². The Labute approximate surface area is 94.2 Å². The van der Waals surface area contributed by atoms with Gasteiger partial charge in [-0.25, -0.2) is 0 Å². The van der Waals surface area contributed by atoms with Gasteiger partial charge in [0.2, 0.25) is 0 Å². The van der Waals surface area contributed by atoms with Crippen LogP contribution in [0.15, 0.2) is 24.3 Å². The first-order valence-electron chi connectivity index (χ1n) is 4.88. The molecule has 0 N–H and O–H groups in total. The molecule has 82 valence electrons. The Kier molecular flexibility index (Phi) is 4.09. The van der Waals surface area contributed by atoms with E-state index in [2.05, 4.69) is 13.8 Å². The zero-order valence-electron chi connectivity index (χ0n) is 8.81. The lowest BCUT2D eigenvalue weighted by Crippen LogP contribution is -2.10. The highest BCUT2D eigenvalue weighted by Gasteiger charge is 2.11. The maximum atomic E-state index is 10.4. The van der Waals surface area contributed by atoms with Crippen molar-refractivity contribution in [3.63, 3.8) is 0 Å². The number of halogens is 1. The molecule has 0 aliphatic carbocycles. The molecule has 0 spiro atoms. The first-order chi connectivity index (χ1) is 7.00. The largest absolute Gasteiger partial charge is 0.269 e. The first kappa shape index (κ1) is 12.0. The molecule has 1 unspecified atom stereocenters. The number of benzene rings is 1. The summed E-state index contributed by atoms with van der Waals surface area (Å²) in [7, 11) is 0. The van der Waals surface area contributed by atoms with Crippen molar-refractivity contribution in [2.45, 2.75) is 25.6 Å². The Morgan fingerprint density at radius 2 is 1.87 bits per heavy atom. The van der Waals surface area contributed by atoms with Crippen molar-refractivity contribution < 1.29 is 4.92 Å². The first-order valence-corrected chi connectivity index (χ1v) is 5.31. The third-order valence-corrected chi connectivity index (χ3v) is 2.96. The van der Waals surface area contributed by atoms with Crippen LogP contribution in [-0.2, 0) is 6.42 Å². The second-order valence-electron chi connectivity index (χ2n) is 3.89. The van der Waals surface area contributed by atoms with Gasteiger partial charge in [0.15, 0.2) is 0 Å². The fourth-order valence-electron chi connectivity index (χ4n) is 1.21. The van der Waals surface area contributed by atoms with E-state index < -0.39 is 4.92 Å². The number of hydrogen-bond acceptors (Lipinski definition) is 2. The minimum absolute atomic E-state index is 0.0754. The molecule has 0 aliphatic rings. The predicted molar refractivity (Wildman–Crippen MR) is 61.3 cm³/mol. The number of nitro groups is 1. The third-order valence-electron chi connectivity index (χ3n) is 2.30. The van der Waals surface area contributed by atoms with Crippen molar-refractivity contribution in [2.75, 3.05) is 0 Å². The molecular formula is C11H14ClNO2. The molecule has 4 heteroatoms. The van der Waals surface area contributed by atoms with Crippen molar-refractivity contribution >= 4 is 17.3 Å². The van der Waals surface area contributed by atoms with E-state index in [9.17, 15) is 10.1 Å². The van der Waals surface area contributed by atoms with Crippen LogP contribution in [0, 0.1) is 16.0 Å². The number of alkyl halides is 1. The maximum absolute atomic E-state index is 10.4. The molecule has 0 saturated carbocycles. The molecule has 0 radical (unpaired) electrons. The molecule has 1 aromatic rings. The van der Waals surface area contributed by atoms with Crippen molar-refractivity contribution in [3.05, 3.63) is 39.9 Å². The van der Waals surface area contributed by atoms with Crippen LogP contribution in [0.2, 0.25) is 0 Å². The average Bonchev–Trinajstić information content (AvgIpc) is 2.18. The molecule has 0 saturated heterocycles. The Morgan fingerprint density at radius 1 is 1.33 bits per heavy atom. The van der Waals surface area contributed by atoms with Gasteiger partial charge >= 0.3 is 0 Å². The molecule has 1 rings (SSSR count). The van der Waals surface area contributed by atoms with Gasteiger partial charge in [-0.2, -0.15) is 0 Å². The van der Waals surface area contributed by atoms with E-state index in [0.29, 0.717) is 5.92 Å². The molecule has 3 nitrogen and oxygen atoms in total. The highest BCUT2D eigenvalue weighted by Crippen LogP contribution is 2.18. The highest BCUT2D eigenvalue weighted by atomic mass is 35.5. The lowest BCUT2D eigenvalue weighted by atomic mass is 10.0. The Balaban J connectivity index is 2.68. The Bertz CT molecular complexity index is 335. The Morgan fingerprint density at radius 3 is 2.27 bits per heavy atom. The summed E-state index contributed by atoms with van der Waals surface area (Å²) in [5, 5.41) is 10.5.